The Hall–Kier alpha value is -1.35. The molecule has 104 valence electrons. The molecule has 1 aliphatic heterocycles. The molecule has 0 aliphatic carbocycles. The smallest absolute Gasteiger partial charge is 0.251 e. The molecule has 1 amide bonds. The van der Waals surface area contributed by atoms with Crippen LogP contribution in [0.1, 0.15) is 50.9 Å². The van der Waals surface area contributed by atoms with Crippen molar-refractivity contribution in [1.82, 2.24) is 5.32 Å². The first kappa shape index (κ1) is 14.1. The predicted octanol–water partition coefficient (Wildman–Crippen LogP) is 3.15. The van der Waals surface area contributed by atoms with Crippen LogP contribution in [0, 0.1) is 0 Å². The van der Waals surface area contributed by atoms with Crippen LogP contribution in [0.5, 0.6) is 0 Å². The molecule has 0 aromatic heterocycles. The molecule has 19 heavy (non-hydrogen) atoms. The van der Waals surface area contributed by atoms with Gasteiger partial charge in [-0.2, -0.15) is 0 Å². The molecule has 0 saturated carbocycles. The molecule has 0 radical (unpaired) electrons. The average Bonchev–Trinajstić information content (AvgIpc) is 2.25. The van der Waals surface area contributed by atoms with Gasteiger partial charge in [-0.1, -0.05) is 18.2 Å². The van der Waals surface area contributed by atoms with E-state index in [2.05, 4.69) is 33.0 Å². The lowest BCUT2D eigenvalue weighted by Crippen LogP contribution is -2.52. The zero-order chi connectivity index (χ0) is 14.1. The Labute approximate surface area is 115 Å². The van der Waals surface area contributed by atoms with Gasteiger partial charge in [-0.3, -0.25) is 4.79 Å². The van der Waals surface area contributed by atoms with Gasteiger partial charge in [0.25, 0.3) is 5.91 Å². The van der Waals surface area contributed by atoms with Crippen LogP contribution in [0.2, 0.25) is 0 Å². The highest BCUT2D eigenvalue weighted by molar-refractivity contribution is 5.94. The number of hydrogen-bond donors (Lipinski definition) is 1. The standard InChI is InChI=1S/C16H23NO2/c1-15(2)10-13(11-16(3,4)19-15)17-14(18)12-8-6-5-7-9-12/h5-9,13H,10-11H2,1-4H3,(H,17,18). The van der Waals surface area contributed by atoms with Crippen LogP contribution in [0.4, 0.5) is 0 Å². The molecule has 0 atom stereocenters. The first-order chi connectivity index (χ1) is 8.77. The zero-order valence-corrected chi connectivity index (χ0v) is 12.2. The van der Waals surface area contributed by atoms with Gasteiger partial charge in [-0.05, 0) is 52.7 Å². The van der Waals surface area contributed by atoms with Crippen molar-refractivity contribution in [2.75, 3.05) is 0 Å². The van der Waals surface area contributed by atoms with Crippen LogP contribution in [0.15, 0.2) is 30.3 Å². The topological polar surface area (TPSA) is 38.3 Å². The highest BCUT2D eigenvalue weighted by Crippen LogP contribution is 2.34. The Morgan fingerprint density at radius 2 is 1.63 bits per heavy atom. The molecule has 0 bridgehead atoms. The monoisotopic (exact) mass is 261 g/mol. The van der Waals surface area contributed by atoms with Crippen molar-refractivity contribution in [2.24, 2.45) is 0 Å². The summed E-state index contributed by atoms with van der Waals surface area (Å²) in [4.78, 5) is 12.2. The van der Waals surface area contributed by atoms with Gasteiger partial charge in [-0.25, -0.2) is 0 Å². The minimum atomic E-state index is -0.198. The van der Waals surface area contributed by atoms with E-state index in [0.29, 0.717) is 5.56 Å². The normalized spacial score (nSPS) is 21.9. The van der Waals surface area contributed by atoms with Gasteiger partial charge in [0.1, 0.15) is 0 Å². The summed E-state index contributed by atoms with van der Waals surface area (Å²) in [5, 5.41) is 3.13. The van der Waals surface area contributed by atoms with E-state index in [1.54, 1.807) is 0 Å². The highest BCUT2D eigenvalue weighted by Gasteiger charge is 2.39. The fourth-order valence-corrected chi connectivity index (χ4v) is 3.05. The Balaban J connectivity index is 2.05. The number of hydrogen-bond acceptors (Lipinski definition) is 2. The summed E-state index contributed by atoms with van der Waals surface area (Å²) < 4.78 is 6.03. The summed E-state index contributed by atoms with van der Waals surface area (Å²) in [5.74, 6) is -0.000833. The molecule has 2 rings (SSSR count). The number of carbonyl (C=O) groups excluding carboxylic acids is 1. The quantitative estimate of drug-likeness (QED) is 0.888. The van der Waals surface area contributed by atoms with Gasteiger partial charge in [0.15, 0.2) is 0 Å². The Bertz CT molecular complexity index is 435. The van der Waals surface area contributed by atoms with Crippen LogP contribution in [0.3, 0.4) is 0 Å². The van der Waals surface area contributed by atoms with Crippen molar-refractivity contribution in [3.63, 3.8) is 0 Å². The van der Waals surface area contributed by atoms with E-state index >= 15 is 0 Å². The van der Waals surface area contributed by atoms with Crippen molar-refractivity contribution in [2.45, 2.75) is 57.8 Å². The summed E-state index contributed by atoms with van der Waals surface area (Å²) >= 11 is 0. The van der Waals surface area contributed by atoms with E-state index in [9.17, 15) is 4.79 Å². The van der Waals surface area contributed by atoms with E-state index in [1.807, 2.05) is 30.3 Å². The SMILES string of the molecule is CC1(C)CC(NC(=O)c2ccccc2)CC(C)(C)O1. The molecule has 1 aromatic carbocycles. The number of nitrogens with one attached hydrogen (secondary N) is 1. The highest BCUT2D eigenvalue weighted by atomic mass is 16.5. The number of benzene rings is 1. The Morgan fingerprint density at radius 1 is 1.11 bits per heavy atom. The fraction of sp³-hybridized carbons (Fsp3) is 0.562. The fourth-order valence-electron chi connectivity index (χ4n) is 3.05. The third-order valence-corrected chi connectivity index (χ3v) is 3.40. The van der Waals surface area contributed by atoms with Crippen molar-refractivity contribution < 1.29 is 9.53 Å². The second-order valence-electron chi connectivity index (χ2n) is 6.57. The maximum Gasteiger partial charge on any atom is 0.251 e. The Morgan fingerprint density at radius 3 is 2.16 bits per heavy atom. The molecule has 1 heterocycles. The van der Waals surface area contributed by atoms with E-state index in [4.69, 9.17) is 4.74 Å². The first-order valence-corrected chi connectivity index (χ1v) is 6.84. The van der Waals surface area contributed by atoms with Gasteiger partial charge in [0.2, 0.25) is 0 Å². The lowest BCUT2D eigenvalue weighted by molar-refractivity contribution is -0.162. The van der Waals surface area contributed by atoms with Crippen LogP contribution >= 0.6 is 0 Å². The van der Waals surface area contributed by atoms with Crippen molar-refractivity contribution >= 4 is 5.91 Å². The molecular formula is C16H23NO2. The molecule has 1 fully saturated rings. The molecule has 3 nitrogen and oxygen atoms in total. The zero-order valence-electron chi connectivity index (χ0n) is 12.2. The molecule has 1 saturated heterocycles. The minimum Gasteiger partial charge on any atom is -0.370 e. The second-order valence-corrected chi connectivity index (χ2v) is 6.57. The predicted molar refractivity (Wildman–Crippen MR) is 76.2 cm³/mol. The van der Waals surface area contributed by atoms with Gasteiger partial charge in [-0.15, -0.1) is 0 Å². The number of carbonyl (C=O) groups is 1. The lowest BCUT2D eigenvalue weighted by atomic mass is 9.85. The minimum absolute atomic E-state index is 0.000833. The summed E-state index contributed by atoms with van der Waals surface area (Å²) in [7, 11) is 0. The molecule has 0 spiro atoms. The number of ether oxygens (including phenoxy) is 1. The average molecular weight is 261 g/mol. The van der Waals surface area contributed by atoms with E-state index in [1.165, 1.54) is 0 Å². The second kappa shape index (κ2) is 4.97. The van der Waals surface area contributed by atoms with Crippen molar-refractivity contribution in [3.8, 4) is 0 Å². The van der Waals surface area contributed by atoms with Gasteiger partial charge >= 0.3 is 0 Å². The number of amides is 1. The van der Waals surface area contributed by atoms with E-state index in [0.717, 1.165) is 12.8 Å². The Kier molecular flexibility index (Phi) is 3.68. The third-order valence-electron chi connectivity index (χ3n) is 3.40. The summed E-state index contributed by atoms with van der Waals surface area (Å²) in [6.07, 6.45) is 1.68. The van der Waals surface area contributed by atoms with E-state index < -0.39 is 0 Å². The molecular weight excluding hydrogens is 238 g/mol. The molecule has 1 aromatic rings. The van der Waals surface area contributed by atoms with Crippen LogP contribution in [-0.4, -0.2) is 23.2 Å². The van der Waals surface area contributed by atoms with E-state index in [-0.39, 0.29) is 23.2 Å². The molecule has 1 aliphatic rings. The first-order valence-electron chi connectivity index (χ1n) is 6.84. The summed E-state index contributed by atoms with van der Waals surface area (Å²) in [6, 6.07) is 9.51. The van der Waals surface area contributed by atoms with Gasteiger partial charge < -0.3 is 10.1 Å². The maximum atomic E-state index is 12.2. The van der Waals surface area contributed by atoms with Gasteiger partial charge in [0.05, 0.1) is 11.2 Å². The van der Waals surface area contributed by atoms with Crippen LogP contribution in [-0.2, 0) is 4.74 Å². The lowest BCUT2D eigenvalue weighted by Gasteiger charge is -2.45. The van der Waals surface area contributed by atoms with Crippen LogP contribution < -0.4 is 5.32 Å². The third kappa shape index (κ3) is 3.80. The number of rotatable bonds is 2. The summed E-state index contributed by atoms with van der Waals surface area (Å²) in [5.41, 5.74) is 0.317. The molecule has 3 heteroatoms. The molecule has 1 N–H and O–H groups in total. The van der Waals surface area contributed by atoms with Crippen LogP contribution in [0.25, 0.3) is 0 Å². The van der Waals surface area contributed by atoms with Crippen molar-refractivity contribution in [1.29, 1.82) is 0 Å². The summed E-state index contributed by atoms with van der Waals surface area (Å²) in [6.45, 7) is 8.32. The largest absolute Gasteiger partial charge is 0.370 e. The van der Waals surface area contributed by atoms with Gasteiger partial charge in [0, 0.05) is 11.6 Å². The van der Waals surface area contributed by atoms with Crippen molar-refractivity contribution in [3.05, 3.63) is 35.9 Å². The maximum absolute atomic E-state index is 12.2. The molecule has 0 unspecified atom stereocenters.